The molecule has 0 spiro atoms. The molecule has 60 heavy (non-hydrogen) atoms. The number of rotatable bonds is 36. The zero-order chi connectivity index (χ0) is 44.7. The Morgan fingerprint density at radius 2 is 1.40 bits per heavy atom. The lowest BCUT2D eigenvalue weighted by Crippen LogP contribution is -2.37. The van der Waals surface area contributed by atoms with Gasteiger partial charge in [-0.05, 0) is 57.8 Å². The molecule has 0 heterocycles. The Labute approximate surface area is 361 Å². The van der Waals surface area contributed by atoms with Crippen LogP contribution >= 0.6 is 7.82 Å². The number of quaternary nitrogens is 1. The number of unbranched alkanes of at least 4 members (excludes halogenated alkanes) is 8. The van der Waals surface area contributed by atoms with Gasteiger partial charge in [-0.25, -0.2) is 4.57 Å². The highest BCUT2D eigenvalue weighted by Gasteiger charge is 2.41. The van der Waals surface area contributed by atoms with Crippen LogP contribution in [0.3, 0.4) is 0 Å². The number of aliphatic hydroxyl groups excluding tert-OH is 3. The van der Waals surface area contributed by atoms with E-state index in [9.17, 15) is 39.2 Å². The Morgan fingerprint density at radius 1 is 0.767 bits per heavy atom. The van der Waals surface area contributed by atoms with Gasteiger partial charge in [-0.15, -0.1) is 0 Å². The van der Waals surface area contributed by atoms with Crippen molar-refractivity contribution in [3.8, 4) is 0 Å². The summed E-state index contributed by atoms with van der Waals surface area (Å²) in [5.41, 5.74) is 0. The van der Waals surface area contributed by atoms with Crippen molar-refractivity contribution in [2.45, 2.75) is 167 Å². The van der Waals surface area contributed by atoms with Gasteiger partial charge in [0, 0.05) is 43.9 Å². The van der Waals surface area contributed by atoms with Gasteiger partial charge >= 0.3 is 19.8 Å². The van der Waals surface area contributed by atoms with Crippen LogP contribution in [0.15, 0.2) is 48.6 Å². The normalized spacial score (nSPS) is 20.7. The van der Waals surface area contributed by atoms with E-state index in [-0.39, 0.29) is 51.1 Å². The summed E-state index contributed by atoms with van der Waals surface area (Å²) in [4.78, 5) is 48.5. The van der Waals surface area contributed by atoms with E-state index in [0.717, 1.165) is 70.6 Å². The molecule has 346 valence electrons. The van der Waals surface area contributed by atoms with Crippen molar-refractivity contribution in [3.05, 3.63) is 48.6 Å². The first kappa shape index (κ1) is 55.5. The molecule has 0 amide bonds. The van der Waals surface area contributed by atoms with Crippen molar-refractivity contribution in [2.75, 3.05) is 47.5 Å². The van der Waals surface area contributed by atoms with E-state index in [1.807, 2.05) is 21.1 Å². The van der Waals surface area contributed by atoms with Crippen LogP contribution in [0.4, 0.5) is 0 Å². The molecule has 1 aliphatic rings. The fourth-order valence-corrected chi connectivity index (χ4v) is 7.47. The van der Waals surface area contributed by atoms with E-state index in [4.69, 9.17) is 18.5 Å². The number of aliphatic hydroxyl groups is 3. The molecule has 1 unspecified atom stereocenters. The number of carbonyl (C=O) groups excluding carboxylic acids is 3. The Hall–Kier alpha value is -2.48. The average Bonchev–Trinajstić information content (AvgIpc) is 3.44. The summed E-state index contributed by atoms with van der Waals surface area (Å²) < 4.78 is 34.1. The second-order valence-electron chi connectivity index (χ2n) is 17.0. The van der Waals surface area contributed by atoms with Crippen molar-refractivity contribution < 1.29 is 62.2 Å². The van der Waals surface area contributed by atoms with E-state index in [0.29, 0.717) is 36.7 Å². The number of hydrogen-bond donors (Lipinski definition) is 4. The Morgan fingerprint density at radius 3 is 2.10 bits per heavy atom. The van der Waals surface area contributed by atoms with E-state index >= 15 is 0 Å². The molecule has 1 aliphatic carbocycles. The smallest absolute Gasteiger partial charge is 0.462 e. The lowest BCUT2D eigenvalue weighted by molar-refractivity contribution is -0.870. The quantitative estimate of drug-likeness (QED) is 0.0156. The van der Waals surface area contributed by atoms with Gasteiger partial charge in [0.2, 0.25) is 0 Å². The highest BCUT2D eigenvalue weighted by molar-refractivity contribution is 7.47. The Bertz CT molecular complexity index is 1340. The van der Waals surface area contributed by atoms with Crippen LogP contribution in [-0.4, -0.2) is 114 Å². The van der Waals surface area contributed by atoms with E-state index in [1.54, 1.807) is 12.2 Å². The molecule has 7 atom stereocenters. The zero-order valence-corrected chi connectivity index (χ0v) is 38.4. The molecule has 14 heteroatoms. The van der Waals surface area contributed by atoms with Gasteiger partial charge in [0.25, 0.3) is 0 Å². The summed E-state index contributed by atoms with van der Waals surface area (Å²) in [5.74, 6) is -2.12. The van der Waals surface area contributed by atoms with Gasteiger partial charge < -0.3 is 34.2 Å². The van der Waals surface area contributed by atoms with Gasteiger partial charge in [0.1, 0.15) is 25.5 Å². The SMILES string of the molecule is CC/C=C\C/C=C\C/C=C\CCCCCCCC(=O)OC[C@H](COP(=O)(O)OCC[N+](C)(C)C)OC(=O)CCCCC(=O)C[C@@H]1[C@@H](/C=C/[C@@H](O)CCCCC)[C@H](O)C[C@@H]1O. The van der Waals surface area contributed by atoms with Crippen molar-refractivity contribution in [2.24, 2.45) is 11.8 Å². The van der Waals surface area contributed by atoms with E-state index in [1.165, 1.54) is 0 Å². The minimum Gasteiger partial charge on any atom is -0.462 e. The minimum absolute atomic E-state index is 0.0406. The van der Waals surface area contributed by atoms with E-state index in [2.05, 4.69) is 50.3 Å². The summed E-state index contributed by atoms with van der Waals surface area (Å²) in [5, 5.41) is 31.4. The Kier molecular flexibility index (Phi) is 30.7. The first-order chi connectivity index (χ1) is 28.6. The highest BCUT2D eigenvalue weighted by atomic mass is 31.2. The number of esters is 2. The number of likely N-dealkylation sites (N-methyl/N-ethyl adjacent to an activating group) is 1. The minimum atomic E-state index is -4.49. The monoisotopic (exact) mass is 871 g/mol. The number of phosphoric ester groups is 1. The highest BCUT2D eigenvalue weighted by Crippen LogP contribution is 2.43. The standard InChI is InChI=1S/C46H80NO12P/c1-6-8-10-11-12-13-14-15-16-17-18-19-20-21-23-28-45(52)56-36-40(37-58-60(54,55)57-33-32-47(3,4)5)59-46(53)29-25-24-27-39(49)34-42-41(43(50)35-44(42)51)31-30-38(48)26-22-9-7-2/h8,10,12-13,15-16,30-31,38,40-44,48,50-51H,6-7,9,11,14,17-29,32-37H2,1-5H3/p+1/b10-8-,13-12-,16-15-,31-30+/t38-,40+,41+,42+,43+,44-/m0/s1. The van der Waals surface area contributed by atoms with Crippen LogP contribution in [0.5, 0.6) is 0 Å². The van der Waals surface area contributed by atoms with Crippen LogP contribution in [0.25, 0.3) is 0 Å². The number of allylic oxidation sites excluding steroid dienone is 6. The average molecular weight is 871 g/mol. The fraction of sp³-hybridized carbons (Fsp3) is 0.761. The molecule has 0 saturated heterocycles. The van der Waals surface area contributed by atoms with Crippen molar-refractivity contribution in [1.82, 2.24) is 0 Å². The molecule has 0 aromatic carbocycles. The number of ketones is 1. The first-order valence-electron chi connectivity index (χ1n) is 22.5. The van der Waals surface area contributed by atoms with Gasteiger partial charge in [-0.3, -0.25) is 23.4 Å². The summed E-state index contributed by atoms with van der Waals surface area (Å²) in [6.07, 6.45) is 26.5. The number of ether oxygens (including phenoxy) is 2. The second-order valence-corrected chi connectivity index (χ2v) is 18.5. The fourth-order valence-electron chi connectivity index (χ4n) is 6.73. The van der Waals surface area contributed by atoms with Crippen molar-refractivity contribution in [1.29, 1.82) is 0 Å². The molecule has 1 saturated carbocycles. The topological polar surface area (TPSA) is 186 Å². The lowest BCUT2D eigenvalue weighted by atomic mass is 9.87. The lowest BCUT2D eigenvalue weighted by Gasteiger charge is -2.24. The Balaban J connectivity index is 2.54. The number of phosphoric acid groups is 1. The summed E-state index contributed by atoms with van der Waals surface area (Å²) in [6, 6.07) is 0. The summed E-state index contributed by atoms with van der Waals surface area (Å²) >= 11 is 0. The van der Waals surface area contributed by atoms with Crippen LogP contribution < -0.4 is 0 Å². The third-order valence-electron chi connectivity index (χ3n) is 10.3. The predicted octanol–water partition coefficient (Wildman–Crippen LogP) is 8.25. The van der Waals surface area contributed by atoms with Crippen molar-refractivity contribution in [3.63, 3.8) is 0 Å². The molecule has 0 radical (unpaired) electrons. The molecule has 0 bridgehead atoms. The van der Waals surface area contributed by atoms with Gasteiger partial charge in [-0.1, -0.05) is 101 Å². The van der Waals surface area contributed by atoms with Gasteiger partial charge in [-0.2, -0.15) is 0 Å². The molecule has 0 aromatic heterocycles. The van der Waals surface area contributed by atoms with Crippen LogP contribution in [-0.2, 0) is 37.5 Å². The number of carbonyl (C=O) groups is 3. The molecule has 0 aromatic rings. The molecule has 1 fully saturated rings. The molecular weight excluding hydrogens is 789 g/mol. The summed E-state index contributed by atoms with van der Waals surface area (Å²) in [6.45, 7) is 3.73. The maximum Gasteiger partial charge on any atom is 0.472 e. The van der Waals surface area contributed by atoms with Gasteiger partial charge in [0.15, 0.2) is 6.10 Å². The maximum absolute atomic E-state index is 12.9. The van der Waals surface area contributed by atoms with E-state index < -0.39 is 62.6 Å². The molecule has 1 rings (SSSR count). The van der Waals surface area contributed by atoms with Gasteiger partial charge in [0.05, 0.1) is 46.1 Å². The third-order valence-corrected chi connectivity index (χ3v) is 11.3. The maximum atomic E-state index is 12.9. The largest absolute Gasteiger partial charge is 0.472 e. The number of nitrogens with zero attached hydrogens (tertiary/aromatic N) is 1. The third kappa shape index (κ3) is 29.7. The predicted molar refractivity (Wildman–Crippen MR) is 236 cm³/mol. The first-order valence-corrected chi connectivity index (χ1v) is 24.0. The summed E-state index contributed by atoms with van der Waals surface area (Å²) in [7, 11) is 1.23. The molecule has 13 nitrogen and oxygen atoms in total. The van der Waals surface area contributed by atoms with Crippen LogP contribution in [0.2, 0.25) is 0 Å². The second kappa shape index (κ2) is 33.1. The molecule has 4 N–H and O–H groups in total. The molecule has 0 aliphatic heterocycles. The zero-order valence-electron chi connectivity index (χ0n) is 37.5. The molecular formula is C46H81NO12P+. The number of Topliss-reactive ketones (excluding diaryl/α,β-unsaturated/α-hetero) is 1. The van der Waals surface area contributed by atoms with Crippen LogP contribution in [0, 0.1) is 11.8 Å². The number of hydrogen-bond acceptors (Lipinski definition) is 11. The van der Waals surface area contributed by atoms with Crippen molar-refractivity contribution >= 4 is 25.5 Å². The van der Waals surface area contributed by atoms with Crippen LogP contribution in [0.1, 0.15) is 142 Å².